The maximum Gasteiger partial charge on any atom is 0.326 e. The molecule has 146 valence electrons. The molecular weight excluding hydrogens is 364 g/mol. The first kappa shape index (κ1) is 20.6. The highest BCUT2D eigenvalue weighted by Crippen LogP contribution is 2.05. The lowest BCUT2D eigenvalue weighted by atomic mass is 10.1. The predicted molar refractivity (Wildman–Crippen MR) is 99.4 cm³/mol. The van der Waals surface area contributed by atoms with E-state index in [1.807, 2.05) is 0 Å². The number of rotatable bonds is 8. The van der Waals surface area contributed by atoms with Gasteiger partial charge in [0.1, 0.15) is 12.1 Å². The molecular formula is C20H20N2O6. The van der Waals surface area contributed by atoms with Crippen molar-refractivity contribution in [3.63, 3.8) is 0 Å². The topological polar surface area (TPSA) is 133 Å². The van der Waals surface area contributed by atoms with Gasteiger partial charge in [0.2, 0.25) is 0 Å². The van der Waals surface area contributed by atoms with Crippen LogP contribution in [0.4, 0.5) is 0 Å². The van der Waals surface area contributed by atoms with E-state index in [4.69, 9.17) is 0 Å². The number of amides is 2. The minimum atomic E-state index is -1.32. The van der Waals surface area contributed by atoms with Crippen molar-refractivity contribution in [3.8, 4) is 0 Å². The summed E-state index contributed by atoms with van der Waals surface area (Å²) in [6, 6.07) is 14.6. The number of hydrogen-bond donors (Lipinski definition) is 4. The van der Waals surface area contributed by atoms with E-state index in [-0.39, 0.29) is 12.8 Å². The van der Waals surface area contributed by atoms with Crippen LogP contribution in [-0.2, 0) is 32.0 Å². The van der Waals surface area contributed by atoms with Gasteiger partial charge in [-0.2, -0.15) is 0 Å². The van der Waals surface area contributed by atoms with Crippen LogP contribution in [0.25, 0.3) is 0 Å². The summed E-state index contributed by atoms with van der Waals surface area (Å²) < 4.78 is 0. The molecule has 2 aromatic carbocycles. The SMILES string of the molecule is O=C(N[C@@H](Cc1ccccc1)C(=O)O)C(=O)N[C@@H](Cc1ccccc1)C(=O)O. The molecule has 0 aromatic heterocycles. The average Bonchev–Trinajstić information content (AvgIpc) is 2.68. The fourth-order valence-corrected chi connectivity index (χ4v) is 2.55. The van der Waals surface area contributed by atoms with Gasteiger partial charge in [-0.3, -0.25) is 9.59 Å². The average molecular weight is 384 g/mol. The van der Waals surface area contributed by atoms with Gasteiger partial charge in [-0.1, -0.05) is 60.7 Å². The number of carbonyl (C=O) groups excluding carboxylic acids is 2. The van der Waals surface area contributed by atoms with E-state index in [9.17, 15) is 29.4 Å². The standard InChI is InChI=1S/C20H20N2O6/c23-17(21-15(19(25)26)11-13-7-3-1-4-8-13)18(24)22-16(20(27)28)12-14-9-5-2-6-10-14/h1-10,15-16H,11-12H2,(H,21,23)(H,22,24)(H,25,26)(H,27,28)/t15-,16-/m0/s1. The molecule has 2 aromatic rings. The summed E-state index contributed by atoms with van der Waals surface area (Å²) in [4.78, 5) is 46.9. The van der Waals surface area contributed by atoms with Gasteiger partial charge in [0, 0.05) is 12.8 Å². The van der Waals surface area contributed by atoms with Crippen molar-refractivity contribution in [2.24, 2.45) is 0 Å². The second kappa shape index (κ2) is 9.86. The predicted octanol–water partition coefficient (Wildman–Crippen LogP) is 0.611. The Bertz CT molecular complexity index is 767. The maximum atomic E-state index is 12.1. The second-order valence-corrected chi connectivity index (χ2v) is 6.11. The minimum Gasteiger partial charge on any atom is -0.480 e. The quantitative estimate of drug-likeness (QED) is 0.493. The van der Waals surface area contributed by atoms with Crippen LogP contribution < -0.4 is 10.6 Å². The zero-order chi connectivity index (χ0) is 20.5. The van der Waals surface area contributed by atoms with E-state index < -0.39 is 35.8 Å². The minimum absolute atomic E-state index is 0.0123. The highest BCUT2D eigenvalue weighted by Gasteiger charge is 2.27. The Morgan fingerprint density at radius 3 is 1.25 bits per heavy atom. The summed E-state index contributed by atoms with van der Waals surface area (Å²) in [5, 5.41) is 22.8. The molecule has 28 heavy (non-hydrogen) atoms. The van der Waals surface area contributed by atoms with Crippen LogP contribution >= 0.6 is 0 Å². The lowest BCUT2D eigenvalue weighted by Crippen LogP contribution is -2.52. The molecule has 8 heteroatoms. The molecule has 0 aliphatic heterocycles. The maximum absolute atomic E-state index is 12.1. The summed E-state index contributed by atoms with van der Waals surface area (Å²) in [7, 11) is 0. The number of aliphatic carboxylic acids is 2. The van der Waals surface area contributed by atoms with Gasteiger partial charge in [0.15, 0.2) is 0 Å². The second-order valence-electron chi connectivity index (χ2n) is 6.11. The van der Waals surface area contributed by atoms with Crippen LogP contribution in [0.5, 0.6) is 0 Å². The molecule has 0 saturated heterocycles. The molecule has 0 saturated carbocycles. The summed E-state index contributed by atoms with van der Waals surface area (Å²) in [5.41, 5.74) is 1.34. The van der Waals surface area contributed by atoms with Gasteiger partial charge in [-0.05, 0) is 11.1 Å². The van der Waals surface area contributed by atoms with Gasteiger partial charge in [0.05, 0.1) is 0 Å². The molecule has 0 aliphatic rings. The van der Waals surface area contributed by atoms with Crippen LogP contribution in [0, 0.1) is 0 Å². The Hall–Kier alpha value is -3.68. The molecule has 0 radical (unpaired) electrons. The van der Waals surface area contributed by atoms with Gasteiger partial charge in [-0.15, -0.1) is 0 Å². The normalized spacial score (nSPS) is 12.4. The Morgan fingerprint density at radius 2 is 0.964 bits per heavy atom. The van der Waals surface area contributed by atoms with Crippen LogP contribution in [0.3, 0.4) is 0 Å². The monoisotopic (exact) mass is 384 g/mol. The van der Waals surface area contributed by atoms with Gasteiger partial charge in [-0.25, -0.2) is 9.59 Å². The van der Waals surface area contributed by atoms with Crippen molar-refractivity contribution < 1.29 is 29.4 Å². The number of carboxylic acids is 2. The van der Waals surface area contributed by atoms with E-state index in [0.717, 1.165) is 0 Å². The molecule has 0 bridgehead atoms. The third-order valence-electron chi connectivity index (χ3n) is 3.98. The molecule has 2 atom stereocenters. The molecule has 0 spiro atoms. The third-order valence-corrected chi connectivity index (χ3v) is 3.98. The first-order chi connectivity index (χ1) is 13.4. The third kappa shape index (κ3) is 6.24. The first-order valence-electron chi connectivity index (χ1n) is 8.51. The number of carboxylic acid groups (broad SMARTS) is 2. The van der Waals surface area contributed by atoms with Crippen molar-refractivity contribution in [2.75, 3.05) is 0 Å². The molecule has 0 heterocycles. The van der Waals surface area contributed by atoms with Crippen molar-refractivity contribution >= 4 is 23.8 Å². The number of carbonyl (C=O) groups is 4. The fraction of sp³-hybridized carbons (Fsp3) is 0.200. The fourth-order valence-electron chi connectivity index (χ4n) is 2.55. The van der Waals surface area contributed by atoms with Crippen molar-refractivity contribution in [2.45, 2.75) is 24.9 Å². The Balaban J connectivity index is 1.99. The van der Waals surface area contributed by atoms with E-state index in [1.165, 1.54) is 0 Å². The lowest BCUT2D eigenvalue weighted by molar-refractivity contribution is -0.147. The van der Waals surface area contributed by atoms with Crippen LogP contribution in [0.1, 0.15) is 11.1 Å². The zero-order valence-electron chi connectivity index (χ0n) is 14.9. The summed E-state index contributed by atoms with van der Waals surface area (Å²) in [6.07, 6.45) is -0.0247. The van der Waals surface area contributed by atoms with Crippen molar-refractivity contribution in [1.82, 2.24) is 10.6 Å². The summed E-state index contributed by atoms with van der Waals surface area (Å²) in [5.74, 6) is -5.02. The smallest absolute Gasteiger partial charge is 0.326 e. The van der Waals surface area contributed by atoms with Crippen LogP contribution in [0.15, 0.2) is 60.7 Å². The van der Waals surface area contributed by atoms with E-state index in [1.54, 1.807) is 60.7 Å². The van der Waals surface area contributed by atoms with E-state index in [2.05, 4.69) is 10.6 Å². The van der Waals surface area contributed by atoms with Gasteiger partial charge < -0.3 is 20.8 Å². The molecule has 0 aliphatic carbocycles. The molecule has 8 nitrogen and oxygen atoms in total. The Labute approximate surface area is 161 Å². The molecule has 2 amide bonds. The number of nitrogens with one attached hydrogen (secondary N) is 2. The molecule has 2 rings (SSSR count). The molecule has 0 fully saturated rings. The van der Waals surface area contributed by atoms with Gasteiger partial charge in [0.25, 0.3) is 0 Å². The van der Waals surface area contributed by atoms with Crippen molar-refractivity contribution in [1.29, 1.82) is 0 Å². The summed E-state index contributed by atoms with van der Waals surface area (Å²) in [6.45, 7) is 0. The Kier molecular flexibility index (Phi) is 7.27. The van der Waals surface area contributed by atoms with E-state index in [0.29, 0.717) is 11.1 Å². The number of hydrogen-bond acceptors (Lipinski definition) is 4. The zero-order valence-corrected chi connectivity index (χ0v) is 14.9. The molecule has 0 unspecified atom stereocenters. The first-order valence-corrected chi connectivity index (χ1v) is 8.51. The van der Waals surface area contributed by atoms with Crippen LogP contribution in [-0.4, -0.2) is 46.0 Å². The number of benzene rings is 2. The highest BCUT2D eigenvalue weighted by molar-refractivity contribution is 6.35. The lowest BCUT2D eigenvalue weighted by Gasteiger charge is -2.17. The van der Waals surface area contributed by atoms with Crippen LogP contribution in [0.2, 0.25) is 0 Å². The highest BCUT2D eigenvalue weighted by atomic mass is 16.4. The largest absolute Gasteiger partial charge is 0.480 e. The molecule has 4 N–H and O–H groups in total. The van der Waals surface area contributed by atoms with Gasteiger partial charge >= 0.3 is 23.8 Å². The summed E-state index contributed by atoms with van der Waals surface area (Å²) >= 11 is 0. The van der Waals surface area contributed by atoms with Crippen molar-refractivity contribution in [3.05, 3.63) is 71.8 Å². The van der Waals surface area contributed by atoms with E-state index >= 15 is 0 Å². The Morgan fingerprint density at radius 1 is 0.643 bits per heavy atom.